The zero-order valence-electron chi connectivity index (χ0n) is 7.96. The molecule has 1 saturated carbocycles. The molecule has 2 atom stereocenters. The minimum Gasteiger partial charge on any atom is -0.252 e. The van der Waals surface area contributed by atoms with Gasteiger partial charge in [-0.05, 0) is 18.8 Å². The van der Waals surface area contributed by atoms with Gasteiger partial charge in [-0.1, -0.05) is 39.0 Å². The molecule has 0 saturated heterocycles. The molecule has 2 heteroatoms. The summed E-state index contributed by atoms with van der Waals surface area (Å²) in [5, 5.41) is 8.53. The van der Waals surface area contributed by atoms with Crippen molar-refractivity contribution in [2.75, 3.05) is 0 Å². The second-order valence-electron chi connectivity index (χ2n) is 3.90. The van der Waals surface area contributed by atoms with Gasteiger partial charge in [0.25, 0.3) is 0 Å². The van der Waals surface area contributed by atoms with E-state index in [9.17, 15) is 0 Å². The normalized spacial score (nSPS) is 30.5. The van der Waals surface area contributed by atoms with Gasteiger partial charge in [0.2, 0.25) is 0 Å². The average molecular weight is 172 g/mol. The highest BCUT2D eigenvalue weighted by molar-refractivity contribution is 4.72. The summed E-state index contributed by atoms with van der Waals surface area (Å²) in [6.45, 7) is 2.23. The van der Waals surface area contributed by atoms with Crippen LogP contribution < -0.4 is 0 Å². The summed E-state index contributed by atoms with van der Waals surface area (Å²) in [5.41, 5.74) is 0. The SMILES string of the molecule is CCCCC1CCCC(OO)C1. The zero-order chi connectivity index (χ0) is 8.81. The van der Waals surface area contributed by atoms with Gasteiger partial charge in [0, 0.05) is 0 Å². The molecule has 1 aliphatic rings. The monoisotopic (exact) mass is 172 g/mol. The molecule has 0 aromatic carbocycles. The van der Waals surface area contributed by atoms with Crippen LogP contribution in [0.1, 0.15) is 51.9 Å². The van der Waals surface area contributed by atoms with E-state index in [2.05, 4.69) is 11.8 Å². The van der Waals surface area contributed by atoms with Crippen molar-refractivity contribution in [3.05, 3.63) is 0 Å². The molecule has 0 aliphatic heterocycles. The van der Waals surface area contributed by atoms with E-state index in [0.717, 1.165) is 18.8 Å². The fraction of sp³-hybridized carbons (Fsp3) is 1.00. The number of unbranched alkanes of at least 4 members (excludes halogenated alkanes) is 1. The van der Waals surface area contributed by atoms with Gasteiger partial charge in [0.05, 0.1) is 6.10 Å². The van der Waals surface area contributed by atoms with Gasteiger partial charge in [-0.2, -0.15) is 0 Å². The maximum Gasteiger partial charge on any atom is 0.0930 e. The Hall–Kier alpha value is -0.0800. The molecular formula is C10H20O2. The van der Waals surface area contributed by atoms with Gasteiger partial charge in [-0.25, -0.2) is 4.89 Å². The Labute approximate surface area is 74.9 Å². The van der Waals surface area contributed by atoms with E-state index >= 15 is 0 Å². The number of hydrogen-bond donors (Lipinski definition) is 1. The van der Waals surface area contributed by atoms with Crippen LogP contribution in [-0.2, 0) is 4.89 Å². The van der Waals surface area contributed by atoms with Crippen LogP contribution >= 0.6 is 0 Å². The molecule has 0 amide bonds. The molecule has 0 bridgehead atoms. The van der Waals surface area contributed by atoms with Gasteiger partial charge >= 0.3 is 0 Å². The Morgan fingerprint density at radius 3 is 2.92 bits per heavy atom. The second-order valence-corrected chi connectivity index (χ2v) is 3.90. The molecule has 0 aromatic heterocycles. The molecule has 1 N–H and O–H groups in total. The number of hydrogen-bond acceptors (Lipinski definition) is 2. The van der Waals surface area contributed by atoms with E-state index < -0.39 is 0 Å². The molecule has 1 fully saturated rings. The van der Waals surface area contributed by atoms with Crippen LogP contribution in [0.2, 0.25) is 0 Å². The topological polar surface area (TPSA) is 29.5 Å². The van der Waals surface area contributed by atoms with E-state index in [-0.39, 0.29) is 6.10 Å². The lowest BCUT2D eigenvalue weighted by atomic mass is 9.84. The summed E-state index contributed by atoms with van der Waals surface area (Å²) in [6.07, 6.45) is 8.70. The lowest BCUT2D eigenvalue weighted by molar-refractivity contribution is -0.286. The van der Waals surface area contributed by atoms with Gasteiger partial charge in [-0.3, -0.25) is 5.26 Å². The average Bonchev–Trinajstić information content (AvgIpc) is 2.15. The van der Waals surface area contributed by atoms with Crippen LogP contribution in [0.4, 0.5) is 0 Å². The fourth-order valence-electron chi connectivity index (χ4n) is 2.09. The molecule has 2 nitrogen and oxygen atoms in total. The second kappa shape index (κ2) is 5.55. The summed E-state index contributed by atoms with van der Waals surface area (Å²) in [4.78, 5) is 4.40. The number of rotatable bonds is 4. The highest BCUT2D eigenvalue weighted by Gasteiger charge is 2.21. The third-order valence-corrected chi connectivity index (χ3v) is 2.85. The predicted molar refractivity (Wildman–Crippen MR) is 49.0 cm³/mol. The summed E-state index contributed by atoms with van der Waals surface area (Å²) >= 11 is 0. The Morgan fingerprint density at radius 2 is 2.25 bits per heavy atom. The predicted octanol–water partition coefficient (Wildman–Crippen LogP) is 3.23. The van der Waals surface area contributed by atoms with Gasteiger partial charge in [-0.15, -0.1) is 0 Å². The zero-order valence-corrected chi connectivity index (χ0v) is 7.96. The van der Waals surface area contributed by atoms with Gasteiger partial charge in [0.1, 0.15) is 0 Å². The first kappa shape index (κ1) is 10.0. The molecule has 0 spiro atoms. The minimum atomic E-state index is 0.126. The highest BCUT2D eigenvalue weighted by Crippen LogP contribution is 2.29. The van der Waals surface area contributed by atoms with E-state index in [4.69, 9.17) is 5.26 Å². The molecule has 1 rings (SSSR count). The molecular weight excluding hydrogens is 152 g/mol. The Kier molecular flexibility index (Phi) is 4.62. The van der Waals surface area contributed by atoms with Gasteiger partial charge in [0.15, 0.2) is 0 Å². The van der Waals surface area contributed by atoms with Crippen molar-refractivity contribution in [1.82, 2.24) is 0 Å². The molecule has 2 unspecified atom stereocenters. The van der Waals surface area contributed by atoms with Crippen LogP contribution in [-0.4, -0.2) is 11.4 Å². The maximum atomic E-state index is 8.53. The van der Waals surface area contributed by atoms with E-state index in [0.29, 0.717) is 0 Å². The van der Waals surface area contributed by atoms with E-state index in [1.807, 2.05) is 0 Å². The van der Waals surface area contributed by atoms with Crippen LogP contribution in [0.3, 0.4) is 0 Å². The lowest BCUT2D eigenvalue weighted by Gasteiger charge is -2.26. The molecule has 0 aromatic rings. The quantitative estimate of drug-likeness (QED) is 0.521. The van der Waals surface area contributed by atoms with Crippen molar-refractivity contribution < 1.29 is 10.1 Å². The molecule has 12 heavy (non-hydrogen) atoms. The third kappa shape index (κ3) is 3.11. The van der Waals surface area contributed by atoms with Crippen LogP contribution in [0.15, 0.2) is 0 Å². The first-order valence-electron chi connectivity index (χ1n) is 5.17. The molecule has 0 radical (unpaired) electrons. The first-order chi connectivity index (χ1) is 5.86. The third-order valence-electron chi connectivity index (χ3n) is 2.85. The summed E-state index contributed by atoms with van der Waals surface area (Å²) < 4.78 is 0. The van der Waals surface area contributed by atoms with Gasteiger partial charge < -0.3 is 0 Å². The van der Waals surface area contributed by atoms with Crippen LogP contribution in [0, 0.1) is 5.92 Å². The smallest absolute Gasteiger partial charge is 0.0930 e. The van der Waals surface area contributed by atoms with Crippen LogP contribution in [0.5, 0.6) is 0 Å². The standard InChI is InChI=1S/C10H20O2/c1-2-3-5-9-6-4-7-10(8-9)12-11/h9-11H,2-8H2,1H3. The maximum absolute atomic E-state index is 8.53. The van der Waals surface area contributed by atoms with Crippen molar-refractivity contribution in [3.63, 3.8) is 0 Å². The first-order valence-corrected chi connectivity index (χ1v) is 5.17. The molecule has 0 heterocycles. The lowest BCUT2D eigenvalue weighted by Crippen LogP contribution is -2.21. The van der Waals surface area contributed by atoms with Crippen molar-refractivity contribution in [3.8, 4) is 0 Å². The van der Waals surface area contributed by atoms with Crippen molar-refractivity contribution in [2.45, 2.75) is 58.0 Å². The highest BCUT2D eigenvalue weighted by atomic mass is 17.1. The summed E-state index contributed by atoms with van der Waals surface area (Å²) in [6, 6.07) is 0. The summed E-state index contributed by atoms with van der Waals surface area (Å²) in [7, 11) is 0. The van der Waals surface area contributed by atoms with E-state index in [1.54, 1.807) is 0 Å². The van der Waals surface area contributed by atoms with E-state index in [1.165, 1.54) is 32.1 Å². The van der Waals surface area contributed by atoms with Crippen molar-refractivity contribution in [1.29, 1.82) is 0 Å². The van der Waals surface area contributed by atoms with Crippen molar-refractivity contribution in [2.24, 2.45) is 5.92 Å². The Morgan fingerprint density at radius 1 is 1.42 bits per heavy atom. The Balaban J connectivity index is 2.16. The molecule has 1 aliphatic carbocycles. The van der Waals surface area contributed by atoms with Crippen LogP contribution in [0.25, 0.3) is 0 Å². The summed E-state index contributed by atoms with van der Waals surface area (Å²) in [5.74, 6) is 0.802. The minimum absolute atomic E-state index is 0.126. The fourth-order valence-corrected chi connectivity index (χ4v) is 2.09. The molecule has 72 valence electrons. The van der Waals surface area contributed by atoms with Crippen molar-refractivity contribution >= 4 is 0 Å². The largest absolute Gasteiger partial charge is 0.252 e. The Bertz CT molecular complexity index is 114.